The Labute approximate surface area is 136 Å². The van der Waals surface area contributed by atoms with Gasteiger partial charge >= 0.3 is 11.9 Å². The fraction of sp³-hybridized carbons (Fsp3) is 0.667. The van der Waals surface area contributed by atoms with Crippen LogP contribution in [0.1, 0.15) is 34.1 Å². The molecule has 0 aliphatic rings. The number of hydrogen-bond donors (Lipinski definition) is 2. The zero-order valence-electron chi connectivity index (χ0n) is 14.0. The van der Waals surface area contributed by atoms with Crippen molar-refractivity contribution in [3.63, 3.8) is 0 Å². The molecule has 0 aromatic carbocycles. The van der Waals surface area contributed by atoms with Crippen molar-refractivity contribution in [1.82, 2.24) is 0 Å². The normalized spacial score (nSPS) is 15.9. The van der Waals surface area contributed by atoms with Crippen molar-refractivity contribution in [2.75, 3.05) is 13.2 Å². The number of hydrogen-bond acceptors (Lipinski definition) is 7. The van der Waals surface area contributed by atoms with Gasteiger partial charge in [-0.1, -0.05) is 20.3 Å². The van der Waals surface area contributed by atoms with Crippen LogP contribution in [0.4, 0.5) is 0 Å². The summed E-state index contributed by atoms with van der Waals surface area (Å²) < 4.78 is 9.67. The number of allylic oxidation sites excluding steroid dienone is 1. The fourth-order valence-corrected chi connectivity index (χ4v) is 1.62. The highest BCUT2D eigenvalue weighted by Gasteiger charge is 2.12. The second-order valence-electron chi connectivity index (χ2n) is 5.17. The molecule has 0 bridgehead atoms. The van der Waals surface area contributed by atoms with Crippen molar-refractivity contribution in [1.29, 1.82) is 5.53 Å². The van der Waals surface area contributed by atoms with Crippen molar-refractivity contribution in [3.05, 3.63) is 11.8 Å². The van der Waals surface area contributed by atoms with E-state index in [4.69, 9.17) is 15.4 Å². The average Bonchev–Trinajstić information content (AvgIpc) is 2.46. The molecule has 3 atom stereocenters. The summed E-state index contributed by atoms with van der Waals surface area (Å²) >= 11 is 0. The Morgan fingerprint density at radius 1 is 1.30 bits per heavy atom. The van der Waals surface area contributed by atoms with Crippen LogP contribution in [0.25, 0.3) is 0 Å². The lowest BCUT2D eigenvalue weighted by Crippen LogP contribution is -2.20. The molecule has 3 unspecified atom stereocenters. The molecule has 0 spiro atoms. The first kappa shape index (κ1) is 20.9. The van der Waals surface area contributed by atoms with Crippen molar-refractivity contribution >= 4 is 18.2 Å². The summed E-state index contributed by atoms with van der Waals surface area (Å²) in [7, 11) is 0. The maximum Gasteiger partial charge on any atom is 0.332 e. The number of esters is 1. The van der Waals surface area contributed by atoms with Gasteiger partial charge in [-0.3, -0.25) is 4.99 Å². The smallest absolute Gasteiger partial charge is 0.332 e. The van der Waals surface area contributed by atoms with Gasteiger partial charge in [0.2, 0.25) is 0 Å². The molecule has 0 aromatic rings. The summed E-state index contributed by atoms with van der Waals surface area (Å²) in [5, 5.41) is 11.9. The quantitative estimate of drug-likeness (QED) is 0.343. The van der Waals surface area contributed by atoms with Gasteiger partial charge in [-0.2, -0.15) is 5.11 Å². The van der Waals surface area contributed by atoms with Gasteiger partial charge in [0.1, 0.15) is 25.4 Å². The molecule has 0 rings (SSSR count). The maximum absolute atomic E-state index is 11.4. The van der Waals surface area contributed by atoms with Crippen LogP contribution in [-0.4, -0.2) is 48.6 Å². The van der Waals surface area contributed by atoms with Gasteiger partial charge in [-0.15, -0.1) is 0 Å². The summed E-state index contributed by atoms with van der Waals surface area (Å²) in [6, 6.07) is -0.273. The number of rotatable bonds is 11. The number of nitrogens with one attached hydrogen (secondary N) is 1. The molecule has 0 fully saturated rings. The van der Waals surface area contributed by atoms with Crippen LogP contribution in [0.5, 0.6) is 0 Å². The van der Waals surface area contributed by atoms with Gasteiger partial charge in [0, 0.05) is 11.9 Å². The first-order chi connectivity index (χ1) is 10.8. The molecule has 0 saturated carbocycles. The molecule has 0 radical (unpaired) electrons. The first-order valence-corrected chi connectivity index (χ1v) is 7.38. The molecule has 0 saturated heterocycles. The van der Waals surface area contributed by atoms with Crippen LogP contribution in [-0.2, 0) is 19.1 Å². The molecular formula is C15H25N3O5. The molecule has 8 heteroatoms. The topological polar surface area (TPSA) is 121 Å². The summed E-state index contributed by atoms with van der Waals surface area (Å²) in [6.45, 7) is 6.47. The van der Waals surface area contributed by atoms with E-state index in [2.05, 4.69) is 14.8 Å². The lowest BCUT2D eigenvalue weighted by atomic mass is 10.0. The van der Waals surface area contributed by atoms with E-state index in [-0.39, 0.29) is 12.0 Å². The van der Waals surface area contributed by atoms with E-state index in [1.807, 2.05) is 13.8 Å². The average molecular weight is 327 g/mol. The molecule has 0 aliphatic carbocycles. The predicted molar refractivity (Wildman–Crippen MR) is 84.6 cm³/mol. The van der Waals surface area contributed by atoms with E-state index < -0.39 is 31.3 Å². The minimum absolute atomic E-state index is 0.227. The van der Waals surface area contributed by atoms with E-state index in [0.717, 1.165) is 6.42 Å². The number of aliphatic imine (C=N–C) groups is 1. The van der Waals surface area contributed by atoms with Crippen LogP contribution in [0, 0.1) is 11.4 Å². The third-order valence-electron chi connectivity index (χ3n) is 3.05. The number of aliphatic carboxylic acids is 1. The van der Waals surface area contributed by atoms with Gasteiger partial charge in [-0.25, -0.2) is 15.1 Å². The summed E-state index contributed by atoms with van der Waals surface area (Å²) in [6.07, 6.45) is 3.62. The highest BCUT2D eigenvalue weighted by Crippen LogP contribution is 2.10. The Balaban J connectivity index is 4.40. The van der Waals surface area contributed by atoms with E-state index in [1.165, 1.54) is 0 Å². The summed E-state index contributed by atoms with van der Waals surface area (Å²) in [5.74, 6) is -1.57. The Hall–Kier alpha value is -2.09. The SMILES string of the molecule is CCC(C)C(C=NC(C)=CC(C)OC(=O)COCC(=O)O)N=N. The Morgan fingerprint density at radius 3 is 2.48 bits per heavy atom. The van der Waals surface area contributed by atoms with Crippen LogP contribution >= 0.6 is 0 Å². The highest BCUT2D eigenvalue weighted by molar-refractivity contribution is 5.72. The summed E-state index contributed by atoms with van der Waals surface area (Å²) in [5.41, 5.74) is 7.79. The van der Waals surface area contributed by atoms with Gasteiger partial charge < -0.3 is 14.6 Å². The number of carbonyl (C=O) groups is 2. The monoisotopic (exact) mass is 327 g/mol. The number of carbonyl (C=O) groups excluding carboxylic acids is 1. The van der Waals surface area contributed by atoms with E-state index in [1.54, 1.807) is 26.1 Å². The van der Waals surface area contributed by atoms with Crippen molar-refractivity contribution in [2.45, 2.75) is 46.3 Å². The largest absolute Gasteiger partial charge is 0.480 e. The molecule has 8 nitrogen and oxygen atoms in total. The minimum Gasteiger partial charge on any atom is -0.480 e. The van der Waals surface area contributed by atoms with Crippen LogP contribution < -0.4 is 0 Å². The van der Waals surface area contributed by atoms with Crippen molar-refractivity contribution < 1.29 is 24.2 Å². The van der Waals surface area contributed by atoms with Gasteiger partial charge in [-0.05, 0) is 25.8 Å². The molecule has 0 amide bonds. The second-order valence-corrected chi connectivity index (χ2v) is 5.17. The third kappa shape index (κ3) is 10.3. The Kier molecular flexibility index (Phi) is 10.4. The fourth-order valence-electron chi connectivity index (χ4n) is 1.62. The minimum atomic E-state index is -1.15. The maximum atomic E-state index is 11.4. The molecular weight excluding hydrogens is 302 g/mol. The van der Waals surface area contributed by atoms with Crippen LogP contribution in [0.2, 0.25) is 0 Å². The van der Waals surface area contributed by atoms with Gasteiger partial charge in [0.15, 0.2) is 0 Å². The molecule has 0 heterocycles. The zero-order chi connectivity index (χ0) is 17.8. The lowest BCUT2D eigenvalue weighted by molar-refractivity contribution is -0.154. The van der Waals surface area contributed by atoms with Crippen LogP contribution in [0.15, 0.2) is 21.9 Å². The third-order valence-corrected chi connectivity index (χ3v) is 3.05. The number of nitrogens with zero attached hydrogens (tertiary/aromatic N) is 2. The zero-order valence-corrected chi connectivity index (χ0v) is 14.0. The second kappa shape index (κ2) is 11.5. The molecule has 0 aromatic heterocycles. The van der Waals surface area contributed by atoms with Gasteiger partial charge in [0.25, 0.3) is 0 Å². The number of carboxylic acids is 1. The Morgan fingerprint density at radius 2 is 1.96 bits per heavy atom. The van der Waals surface area contributed by atoms with E-state index in [9.17, 15) is 9.59 Å². The molecule has 0 aliphatic heterocycles. The van der Waals surface area contributed by atoms with E-state index >= 15 is 0 Å². The van der Waals surface area contributed by atoms with Crippen LogP contribution in [0.3, 0.4) is 0 Å². The van der Waals surface area contributed by atoms with E-state index in [0.29, 0.717) is 5.70 Å². The Bertz CT molecular complexity index is 462. The van der Waals surface area contributed by atoms with Crippen molar-refractivity contribution in [3.8, 4) is 0 Å². The molecule has 2 N–H and O–H groups in total. The lowest BCUT2D eigenvalue weighted by Gasteiger charge is -2.12. The molecule has 130 valence electrons. The molecule has 23 heavy (non-hydrogen) atoms. The summed E-state index contributed by atoms with van der Waals surface area (Å²) in [4.78, 5) is 25.9. The van der Waals surface area contributed by atoms with Gasteiger partial charge in [0.05, 0.1) is 0 Å². The predicted octanol–water partition coefficient (Wildman–Crippen LogP) is 2.44. The standard InChI is InChI=1S/C15H25N3O5/c1-5-10(2)13(18-16)7-17-11(3)6-12(4)23-15(21)9-22-8-14(19)20/h6-7,10,12-13,16H,5,8-9H2,1-4H3,(H,19,20). The van der Waals surface area contributed by atoms with Crippen molar-refractivity contribution in [2.24, 2.45) is 16.0 Å². The highest BCUT2D eigenvalue weighted by atomic mass is 16.6. The number of carboxylic acid groups (broad SMARTS) is 1. The first-order valence-electron chi connectivity index (χ1n) is 7.38. The number of ether oxygens (including phenoxy) is 2.